The predicted molar refractivity (Wildman–Crippen MR) is 39.0 cm³/mol. The van der Waals surface area contributed by atoms with E-state index in [1.807, 2.05) is 11.5 Å². The molecule has 1 aliphatic heterocycles. The van der Waals surface area contributed by atoms with Crippen LogP contribution < -0.4 is 0 Å². The van der Waals surface area contributed by atoms with E-state index in [2.05, 4.69) is 10.2 Å². The molecule has 1 aliphatic rings. The monoisotopic (exact) mass is 153 g/mol. The van der Waals surface area contributed by atoms with E-state index in [1.165, 1.54) is 0 Å². The topological polar surface area (TPSA) is 50.9 Å². The second-order valence-electron chi connectivity index (χ2n) is 2.92. The number of nitrogens with zero attached hydrogens (tertiary/aromatic N) is 3. The van der Waals surface area contributed by atoms with Gasteiger partial charge in [-0.25, -0.2) is 0 Å². The first kappa shape index (κ1) is 6.79. The summed E-state index contributed by atoms with van der Waals surface area (Å²) in [5.41, 5.74) is 0. The summed E-state index contributed by atoms with van der Waals surface area (Å²) in [7, 11) is 0. The van der Waals surface area contributed by atoms with E-state index in [0.29, 0.717) is 0 Å². The van der Waals surface area contributed by atoms with Gasteiger partial charge in [-0.05, 0) is 19.8 Å². The van der Waals surface area contributed by atoms with Gasteiger partial charge in [0.1, 0.15) is 11.9 Å². The zero-order valence-corrected chi connectivity index (χ0v) is 6.49. The van der Waals surface area contributed by atoms with Crippen molar-refractivity contribution < 1.29 is 5.11 Å². The molecule has 1 N–H and O–H groups in total. The average Bonchev–Trinajstić information content (AvgIpc) is 2.35. The zero-order chi connectivity index (χ0) is 7.84. The van der Waals surface area contributed by atoms with Crippen LogP contribution in [0.3, 0.4) is 0 Å². The quantitative estimate of drug-likeness (QED) is 0.587. The Labute approximate surface area is 64.9 Å². The molecule has 0 amide bonds. The van der Waals surface area contributed by atoms with Crippen LogP contribution in [0.25, 0.3) is 0 Å². The minimum atomic E-state index is -0.398. The standard InChI is InChI=1S/C7H11N3O/c1-5-8-9-7-6(11)3-2-4-10(5)7/h6,11H,2-4H2,1H3. The van der Waals surface area contributed by atoms with Gasteiger partial charge in [0, 0.05) is 6.54 Å². The minimum absolute atomic E-state index is 0.398. The maximum Gasteiger partial charge on any atom is 0.161 e. The van der Waals surface area contributed by atoms with E-state index in [4.69, 9.17) is 0 Å². The molecule has 0 fully saturated rings. The molecular weight excluding hydrogens is 142 g/mol. The third-order valence-electron chi connectivity index (χ3n) is 2.12. The highest BCUT2D eigenvalue weighted by atomic mass is 16.3. The fourth-order valence-electron chi connectivity index (χ4n) is 1.49. The SMILES string of the molecule is Cc1nnc2n1CCCC2O. The summed E-state index contributed by atoms with van der Waals surface area (Å²) in [6.07, 6.45) is 1.44. The molecule has 2 rings (SSSR count). The summed E-state index contributed by atoms with van der Waals surface area (Å²) >= 11 is 0. The fraction of sp³-hybridized carbons (Fsp3) is 0.714. The van der Waals surface area contributed by atoms with Crippen molar-refractivity contribution in [3.63, 3.8) is 0 Å². The number of fused-ring (bicyclic) bond motifs is 1. The van der Waals surface area contributed by atoms with Crippen LogP contribution in [0, 0.1) is 6.92 Å². The van der Waals surface area contributed by atoms with Gasteiger partial charge in [-0.2, -0.15) is 0 Å². The van der Waals surface area contributed by atoms with Crippen LogP contribution in [-0.4, -0.2) is 19.9 Å². The van der Waals surface area contributed by atoms with Gasteiger partial charge in [0.05, 0.1) is 0 Å². The third kappa shape index (κ3) is 0.939. The molecule has 0 saturated carbocycles. The molecule has 1 unspecified atom stereocenters. The smallest absolute Gasteiger partial charge is 0.161 e. The summed E-state index contributed by atoms with van der Waals surface area (Å²) in [6, 6.07) is 0. The summed E-state index contributed by atoms with van der Waals surface area (Å²) in [5, 5.41) is 17.3. The molecule has 2 heterocycles. The number of aliphatic hydroxyl groups is 1. The Bertz CT molecular complexity index is 269. The molecule has 11 heavy (non-hydrogen) atoms. The lowest BCUT2D eigenvalue weighted by Crippen LogP contribution is -2.16. The molecule has 0 radical (unpaired) electrons. The maximum absolute atomic E-state index is 9.45. The molecule has 1 aromatic heterocycles. The van der Waals surface area contributed by atoms with Crippen molar-refractivity contribution in [3.05, 3.63) is 11.6 Å². The van der Waals surface area contributed by atoms with Crippen molar-refractivity contribution in [1.29, 1.82) is 0 Å². The van der Waals surface area contributed by atoms with Crippen LogP contribution in [0.2, 0.25) is 0 Å². The van der Waals surface area contributed by atoms with Crippen molar-refractivity contribution in [1.82, 2.24) is 14.8 Å². The molecule has 4 heteroatoms. The highest BCUT2D eigenvalue weighted by Gasteiger charge is 2.21. The van der Waals surface area contributed by atoms with Gasteiger partial charge >= 0.3 is 0 Å². The second-order valence-corrected chi connectivity index (χ2v) is 2.92. The number of hydrogen-bond donors (Lipinski definition) is 1. The lowest BCUT2D eigenvalue weighted by Gasteiger charge is -2.18. The molecule has 0 saturated heterocycles. The van der Waals surface area contributed by atoms with Crippen LogP contribution in [0.15, 0.2) is 0 Å². The van der Waals surface area contributed by atoms with E-state index < -0.39 is 6.10 Å². The molecule has 1 atom stereocenters. The van der Waals surface area contributed by atoms with Gasteiger partial charge in [0.2, 0.25) is 0 Å². The number of aliphatic hydroxyl groups excluding tert-OH is 1. The molecular formula is C7H11N3O. The molecule has 60 valence electrons. The van der Waals surface area contributed by atoms with Gasteiger partial charge in [-0.1, -0.05) is 0 Å². The van der Waals surface area contributed by atoms with E-state index in [9.17, 15) is 5.11 Å². The lowest BCUT2D eigenvalue weighted by molar-refractivity contribution is 0.133. The Morgan fingerprint density at radius 2 is 2.36 bits per heavy atom. The Morgan fingerprint density at radius 1 is 1.55 bits per heavy atom. The second kappa shape index (κ2) is 2.30. The van der Waals surface area contributed by atoms with E-state index >= 15 is 0 Å². The van der Waals surface area contributed by atoms with E-state index in [1.54, 1.807) is 0 Å². The fourth-order valence-corrected chi connectivity index (χ4v) is 1.49. The minimum Gasteiger partial charge on any atom is -0.385 e. The van der Waals surface area contributed by atoms with Crippen LogP contribution in [0.5, 0.6) is 0 Å². The van der Waals surface area contributed by atoms with Crippen molar-refractivity contribution in [2.24, 2.45) is 0 Å². The molecule has 0 spiro atoms. The Kier molecular flexibility index (Phi) is 1.42. The third-order valence-corrected chi connectivity index (χ3v) is 2.12. The summed E-state index contributed by atoms with van der Waals surface area (Å²) < 4.78 is 1.98. The van der Waals surface area contributed by atoms with Crippen LogP contribution in [0.4, 0.5) is 0 Å². The van der Waals surface area contributed by atoms with E-state index in [0.717, 1.165) is 31.0 Å². The van der Waals surface area contributed by atoms with Gasteiger partial charge in [-0.3, -0.25) is 0 Å². The highest BCUT2D eigenvalue weighted by molar-refractivity contribution is 4.99. The lowest BCUT2D eigenvalue weighted by atomic mass is 10.1. The average molecular weight is 153 g/mol. The number of aryl methyl sites for hydroxylation is 1. The maximum atomic E-state index is 9.45. The van der Waals surface area contributed by atoms with Crippen molar-refractivity contribution in [3.8, 4) is 0 Å². The Morgan fingerprint density at radius 3 is 3.09 bits per heavy atom. The summed E-state index contributed by atoms with van der Waals surface area (Å²) in [5.74, 6) is 1.63. The molecule has 4 nitrogen and oxygen atoms in total. The van der Waals surface area contributed by atoms with Gasteiger partial charge in [0.25, 0.3) is 0 Å². The van der Waals surface area contributed by atoms with Gasteiger partial charge in [0.15, 0.2) is 5.82 Å². The van der Waals surface area contributed by atoms with Crippen molar-refractivity contribution >= 4 is 0 Å². The van der Waals surface area contributed by atoms with Crippen LogP contribution in [-0.2, 0) is 6.54 Å². The number of hydrogen-bond acceptors (Lipinski definition) is 3. The first-order valence-electron chi connectivity index (χ1n) is 3.87. The zero-order valence-electron chi connectivity index (χ0n) is 6.49. The summed E-state index contributed by atoms with van der Waals surface area (Å²) in [6.45, 7) is 2.86. The highest BCUT2D eigenvalue weighted by Crippen LogP contribution is 2.22. The Hall–Kier alpha value is -0.900. The largest absolute Gasteiger partial charge is 0.385 e. The first-order valence-corrected chi connectivity index (χ1v) is 3.87. The summed E-state index contributed by atoms with van der Waals surface area (Å²) in [4.78, 5) is 0. The van der Waals surface area contributed by atoms with Gasteiger partial charge in [-0.15, -0.1) is 10.2 Å². The van der Waals surface area contributed by atoms with Crippen molar-refractivity contribution in [2.45, 2.75) is 32.4 Å². The normalized spacial score (nSPS) is 23.3. The molecule has 0 bridgehead atoms. The number of rotatable bonds is 0. The van der Waals surface area contributed by atoms with Crippen LogP contribution >= 0.6 is 0 Å². The van der Waals surface area contributed by atoms with Crippen molar-refractivity contribution in [2.75, 3.05) is 0 Å². The molecule has 0 aromatic carbocycles. The Balaban J connectivity index is 2.46. The first-order chi connectivity index (χ1) is 5.29. The number of aromatic nitrogens is 3. The van der Waals surface area contributed by atoms with E-state index in [-0.39, 0.29) is 0 Å². The van der Waals surface area contributed by atoms with Gasteiger partial charge < -0.3 is 9.67 Å². The molecule has 0 aliphatic carbocycles. The predicted octanol–water partition coefficient (Wildman–Crippen LogP) is 0.414. The van der Waals surface area contributed by atoms with Crippen LogP contribution in [0.1, 0.15) is 30.6 Å². The molecule has 1 aromatic rings.